The number of ketones is 1. The number of rotatable bonds is 12. The Kier molecular flexibility index (Phi) is 8.25. The van der Waals surface area contributed by atoms with E-state index in [1.165, 1.54) is 0 Å². The van der Waals surface area contributed by atoms with Crippen LogP contribution in [0.4, 0.5) is 0 Å². The second-order valence-electron chi connectivity index (χ2n) is 7.88. The first-order chi connectivity index (χ1) is 15.5. The van der Waals surface area contributed by atoms with Crippen LogP contribution in [0.15, 0.2) is 42.6 Å². The van der Waals surface area contributed by atoms with Crippen molar-refractivity contribution in [3.05, 3.63) is 65.5 Å². The Morgan fingerprint density at radius 1 is 1.00 bits per heavy atom. The first kappa shape index (κ1) is 23.3. The number of carboxylic acid groups (broad SMARTS) is 1. The smallest absolute Gasteiger partial charge is 0.336 e. The van der Waals surface area contributed by atoms with Gasteiger partial charge in [0.05, 0.1) is 17.8 Å². The number of Topliss-reactive ketones (excluding diaryl/α,β-unsaturated/α-hetero) is 1. The molecule has 32 heavy (non-hydrogen) atoms. The number of aryl methyl sites for hydroxylation is 1. The van der Waals surface area contributed by atoms with Crippen molar-refractivity contribution in [1.82, 2.24) is 19.7 Å². The molecular formula is C25H30N4O3. The molecular weight excluding hydrogens is 404 g/mol. The van der Waals surface area contributed by atoms with E-state index >= 15 is 0 Å². The third kappa shape index (κ3) is 5.87. The van der Waals surface area contributed by atoms with Crippen LogP contribution in [0.5, 0.6) is 0 Å². The normalized spacial score (nSPS) is 10.9. The van der Waals surface area contributed by atoms with Gasteiger partial charge in [0.25, 0.3) is 0 Å². The Hall–Kier alpha value is -3.35. The lowest BCUT2D eigenvalue weighted by atomic mass is 10.0. The van der Waals surface area contributed by atoms with Crippen LogP contribution >= 0.6 is 0 Å². The van der Waals surface area contributed by atoms with E-state index in [9.17, 15) is 14.7 Å². The van der Waals surface area contributed by atoms with Crippen molar-refractivity contribution in [2.45, 2.75) is 65.3 Å². The van der Waals surface area contributed by atoms with Gasteiger partial charge in [-0.15, -0.1) is 5.10 Å². The predicted octanol–water partition coefficient (Wildman–Crippen LogP) is 5.19. The van der Waals surface area contributed by atoms with Crippen molar-refractivity contribution >= 4 is 11.8 Å². The molecule has 7 nitrogen and oxygen atoms in total. The highest BCUT2D eigenvalue weighted by Gasteiger charge is 2.17. The number of pyridine rings is 1. The van der Waals surface area contributed by atoms with Crippen LogP contribution in [0, 0.1) is 0 Å². The Morgan fingerprint density at radius 2 is 1.78 bits per heavy atom. The summed E-state index contributed by atoms with van der Waals surface area (Å²) in [5.74, 6) is 0.109. The fourth-order valence-corrected chi connectivity index (χ4v) is 3.54. The molecule has 3 rings (SSSR count). The van der Waals surface area contributed by atoms with Crippen molar-refractivity contribution in [3.8, 4) is 11.1 Å². The quantitative estimate of drug-likeness (QED) is 0.311. The Morgan fingerprint density at radius 3 is 2.47 bits per heavy atom. The van der Waals surface area contributed by atoms with Crippen molar-refractivity contribution in [1.29, 1.82) is 0 Å². The zero-order valence-electron chi connectivity index (χ0n) is 18.8. The lowest BCUT2D eigenvalue weighted by molar-refractivity contribution is 0.0697. The molecule has 168 valence electrons. The molecule has 0 spiro atoms. The summed E-state index contributed by atoms with van der Waals surface area (Å²) in [7, 11) is 0. The van der Waals surface area contributed by atoms with E-state index < -0.39 is 5.97 Å². The minimum Gasteiger partial charge on any atom is -0.478 e. The van der Waals surface area contributed by atoms with Gasteiger partial charge in [0.2, 0.25) is 11.6 Å². The van der Waals surface area contributed by atoms with Gasteiger partial charge in [-0.3, -0.25) is 9.78 Å². The number of carbonyl (C=O) groups is 2. The van der Waals surface area contributed by atoms with Crippen molar-refractivity contribution < 1.29 is 14.7 Å². The zero-order valence-corrected chi connectivity index (χ0v) is 18.8. The number of carboxylic acids is 1. The topological polar surface area (TPSA) is 98.0 Å². The summed E-state index contributed by atoms with van der Waals surface area (Å²) in [5, 5.41) is 13.9. The van der Waals surface area contributed by atoms with Crippen molar-refractivity contribution in [2.75, 3.05) is 0 Å². The van der Waals surface area contributed by atoms with Crippen molar-refractivity contribution in [2.24, 2.45) is 0 Å². The summed E-state index contributed by atoms with van der Waals surface area (Å²) in [6.45, 7) is 4.62. The molecule has 2 aromatic heterocycles. The standard InChI is InChI=1S/C25H30N4O3/c1-3-5-7-13-23-27-24(22(30)12-6-4-2)28-29(23)17-19-15-14-18(16-26-19)20-10-8-9-11-21(20)25(31)32/h8-11,14-16H,3-7,12-13,17H2,1-2H3,(H,31,32). The molecule has 0 saturated carbocycles. The molecule has 0 fully saturated rings. The Bertz CT molecular complexity index is 1060. The maximum Gasteiger partial charge on any atom is 0.336 e. The molecule has 1 aromatic carbocycles. The van der Waals surface area contributed by atoms with Crippen LogP contribution in [0.3, 0.4) is 0 Å². The van der Waals surface area contributed by atoms with Gasteiger partial charge in [-0.1, -0.05) is 57.4 Å². The predicted molar refractivity (Wildman–Crippen MR) is 123 cm³/mol. The van der Waals surface area contributed by atoms with Crippen LogP contribution < -0.4 is 0 Å². The highest BCUT2D eigenvalue weighted by Crippen LogP contribution is 2.23. The highest BCUT2D eigenvalue weighted by molar-refractivity contribution is 5.95. The van der Waals surface area contributed by atoms with E-state index in [4.69, 9.17) is 0 Å². The second kappa shape index (κ2) is 11.3. The van der Waals surface area contributed by atoms with Gasteiger partial charge in [0.15, 0.2) is 0 Å². The molecule has 0 aliphatic carbocycles. The number of aromatic carboxylic acids is 1. The molecule has 7 heteroatoms. The van der Waals surface area contributed by atoms with Gasteiger partial charge in [0.1, 0.15) is 5.82 Å². The van der Waals surface area contributed by atoms with Crippen LogP contribution in [0.2, 0.25) is 0 Å². The van der Waals surface area contributed by atoms with E-state index in [0.29, 0.717) is 18.5 Å². The van der Waals surface area contributed by atoms with Crippen LogP contribution in [-0.4, -0.2) is 36.6 Å². The first-order valence-corrected chi connectivity index (χ1v) is 11.3. The molecule has 3 aromatic rings. The molecule has 0 unspecified atom stereocenters. The monoisotopic (exact) mass is 434 g/mol. The molecule has 0 bridgehead atoms. The molecule has 0 saturated heterocycles. The number of hydrogen-bond donors (Lipinski definition) is 1. The summed E-state index contributed by atoms with van der Waals surface area (Å²) in [6, 6.07) is 10.6. The minimum atomic E-state index is -0.968. The van der Waals surface area contributed by atoms with Gasteiger partial charge in [-0.05, 0) is 30.5 Å². The maximum atomic E-state index is 12.4. The number of nitrogens with zero attached hydrogens (tertiary/aromatic N) is 4. The SMILES string of the molecule is CCCCCc1nc(C(=O)CCCC)nn1Cc1ccc(-c2ccccc2C(=O)O)cn1. The summed E-state index contributed by atoms with van der Waals surface area (Å²) in [4.78, 5) is 33.0. The van der Waals surface area contributed by atoms with Gasteiger partial charge in [-0.2, -0.15) is 0 Å². The van der Waals surface area contributed by atoms with Gasteiger partial charge in [0, 0.05) is 24.6 Å². The van der Waals surface area contributed by atoms with Gasteiger partial charge in [-0.25, -0.2) is 14.5 Å². The first-order valence-electron chi connectivity index (χ1n) is 11.3. The fourth-order valence-electron chi connectivity index (χ4n) is 3.54. The maximum absolute atomic E-state index is 12.4. The van der Waals surface area contributed by atoms with Crippen molar-refractivity contribution in [3.63, 3.8) is 0 Å². The number of hydrogen-bond acceptors (Lipinski definition) is 5. The van der Waals surface area contributed by atoms with E-state index in [2.05, 4.69) is 28.9 Å². The molecule has 0 aliphatic rings. The summed E-state index contributed by atoms with van der Waals surface area (Å²) in [5.41, 5.74) is 2.38. The highest BCUT2D eigenvalue weighted by atomic mass is 16.4. The second-order valence-corrected chi connectivity index (χ2v) is 7.88. The molecule has 2 heterocycles. The van der Waals surface area contributed by atoms with Gasteiger partial charge < -0.3 is 5.11 Å². The third-order valence-corrected chi connectivity index (χ3v) is 5.36. The molecule has 0 amide bonds. The van der Waals surface area contributed by atoms with Crippen LogP contribution in [0.1, 0.15) is 84.9 Å². The molecule has 0 aliphatic heterocycles. The Labute approximate surface area is 188 Å². The average molecular weight is 435 g/mol. The number of aromatic nitrogens is 4. The van der Waals surface area contributed by atoms with E-state index in [-0.39, 0.29) is 17.2 Å². The van der Waals surface area contributed by atoms with E-state index in [0.717, 1.165) is 55.6 Å². The van der Waals surface area contributed by atoms with Crippen LogP contribution in [0.25, 0.3) is 11.1 Å². The molecule has 0 radical (unpaired) electrons. The third-order valence-electron chi connectivity index (χ3n) is 5.36. The number of carbonyl (C=O) groups excluding carboxylic acids is 1. The zero-order chi connectivity index (χ0) is 22.9. The fraction of sp³-hybridized carbons (Fsp3) is 0.400. The molecule has 0 atom stereocenters. The lowest BCUT2D eigenvalue weighted by Crippen LogP contribution is -2.09. The Balaban J connectivity index is 1.82. The summed E-state index contributed by atoms with van der Waals surface area (Å²) >= 11 is 0. The van der Waals surface area contributed by atoms with Crippen LogP contribution in [-0.2, 0) is 13.0 Å². The summed E-state index contributed by atoms with van der Waals surface area (Å²) in [6.07, 6.45) is 7.90. The molecule has 1 N–H and O–H groups in total. The van der Waals surface area contributed by atoms with E-state index in [1.54, 1.807) is 29.1 Å². The van der Waals surface area contributed by atoms with Gasteiger partial charge >= 0.3 is 5.97 Å². The summed E-state index contributed by atoms with van der Waals surface area (Å²) < 4.78 is 1.78. The van der Waals surface area contributed by atoms with E-state index in [1.807, 2.05) is 18.2 Å². The lowest BCUT2D eigenvalue weighted by Gasteiger charge is -2.08. The minimum absolute atomic E-state index is 0.0177. The largest absolute Gasteiger partial charge is 0.478 e. The number of unbranched alkanes of at least 4 members (excludes halogenated alkanes) is 3. The average Bonchev–Trinajstić information content (AvgIpc) is 3.20. The number of benzene rings is 1.